The van der Waals surface area contributed by atoms with Crippen LogP contribution in [0.25, 0.3) is 0 Å². The minimum atomic E-state index is -0.0388. The molecule has 0 aromatic rings. The lowest BCUT2D eigenvalue weighted by Crippen LogP contribution is -2.41. The fourth-order valence-corrected chi connectivity index (χ4v) is 4.13. The van der Waals surface area contributed by atoms with Gasteiger partial charge in [-0.05, 0) is 59.2 Å². The van der Waals surface area contributed by atoms with Crippen LogP contribution in [0.15, 0.2) is 0 Å². The van der Waals surface area contributed by atoms with E-state index in [9.17, 15) is 5.11 Å². The molecule has 152 valence electrons. The summed E-state index contributed by atoms with van der Waals surface area (Å²) < 4.78 is 0. The zero-order valence-corrected chi connectivity index (χ0v) is 17.3. The third-order valence-corrected chi connectivity index (χ3v) is 6.11. The van der Waals surface area contributed by atoms with Crippen LogP contribution >= 0.6 is 11.6 Å². The van der Waals surface area contributed by atoms with Crippen LogP contribution in [0.3, 0.4) is 0 Å². The maximum absolute atomic E-state index is 9.47. The second-order valence-electron chi connectivity index (χ2n) is 7.85. The molecule has 4 heteroatoms. The van der Waals surface area contributed by atoms with E-state index >= 15 is 0 Å². The van der Waals surface area contributed by atoms with Gasteiger partial charge in [0.25, 0.3) is 0 Å². The molecule has 2 rings (SSSR count). The van der Waals surface area contributed by atoms with Crippen LogP contribution in [0.1, 0.15) is 85.5 Å². The Kier molecular flexibility index (Phi) is 14.4. The summed E-state index contributed by atoms with van der Waals surface area (Å²) in [6, 6.07) is 1.38. The van der Waals surface area contributed by atoms with E-state index in [0.717, 1.165) is 25.4 Å². The van der Waals surface area contributed by atoms with Gasteiger partial charge < -0.3 is 14.9 Å². The Morgan fingerprint density at radius 3 is 1.88 bits per heavy atom. The Bertz CT molecular complexity index is 286. The lowest BCUT2D eigenvalue weighted by molar-refractivity contribution is 0.0516. The molecule has 2 saturated heterocycles. The number of aliphatic hydroxyl groups excluding tert-OH is 1. The highest BCUT2D eigenvalue weighted by atomic mass is 35.5. The first-order valence-electron chi connectivity index (χ1n) is 10.2. The quantitative estimate of drug-likeness (QED) is 0.649. The Hall–Kier alpha value is 0.170. The minimum Gasteiger partial charge on any atom is -0.393 e. The first-order chi connectivity index (χ1) is 11.5. The summed E-state index contributed by atoms with van der Waals surface area (Å²) >= 11 is 6.13. The fraction of sp³-hybridized carbons (Fsp3) is 1.00. The van der Waals surface area contributed by atoms with E-state index in [1.807, 2.05) is 0 Å². The number of nitrogens with zero attached hydrogens (tertiary/aromatic N) is 2. The number of rotatable bonds is 6. The van der Waals surface area contributed by atoms with E-state index in [-0.39, 0.29) is 13.5 Å². The summed E-state index contributed by atoms with van der Waals surface area (Å²) in [5.41, 5.74) is 0. The highest BCUT2D eigenvalue weighted by molar-refractivity contribution is 6.20. The van der Waals surface area contributed by atoms with Crippen molar-refractivity contribution < 1.29 is 5.11 Å². The van der Waals surface area contributed by atoms with Gasteiger partial charge in [-0.25, -0.2) is 0 Å². The monoisotopic (exact) mass is 376 g/mol. The zero-order chi connectivity index (χ0) is 17.9. The molecule has 2 aliphatic rings. The molecule has 1 N–H and O–H groups in total. The lowest BCUT2D eigenvalue weighted by atomic mass is 9.96. The standard InChI is InChI=1S/C10H20ClN.C10H21NO.CH4/c1-3-4-5-10-8-9(11)6-7-12(10)2;1-3-4-5-9-8-10(12)6-7-11(9)2;/h9-10H,3-8H2,1-2H3;9-10,12H,3-8H2,1-2H3;1H4. The maximum atomic E-state index is 9.47. The molecule has 0 radical (unpaired) electrons. The van der Waals surface area contributed by atoms with Gasteiger partial charge in [-0.3, -0.25) is 0 Å². The highest BCUT2D eigenvalue weighted by Crippen LogP contribution is 2.23. The lowest BCUT2D eigenvalue weighted by Gasteiger charge is -2.35. The number of aliphatic hydroxyl groups is 1. The Morgan fingerprint density at radius 2 is 1.36 bits per heavy atom. The molecule has 4 unspecified atom stereocenters. The van der Waals surface area contributed by atoms with E-state index in [4.69, 9.17) is 11.6 Å². The van der Waals surface area contributed by atoms with Gasteiger partial charge in [0.2, 0.25) is 0 Å². The number of unbranched alkanes of at least 4 members (excludes halogenated alkanes) is 2. The molecule has 0 aromatic carbocycles. The Morgan fingerprint density at radius 1 is 0.880 bits per heavy atom. The van der Waals surface area contributed by atoms with Crippen molar-refractivity contribution >= 4 is 11.6 Å². The second kappa shape index (κ2) is 14.3. The van der Waals surface area contributed by atoms with Crippen LogP contribution < -0.4 is 0 Å². The van der Waals surface area contributed by atoms with E-state index in [0.29, 0.717) is 11.4 Å². The van der Waals surface area contributed by atoms with Crippen LogP contribution in [0.5, 0.6) is 0 Å². The number of alkyl halides is 1. The molecular weight excluding hydrogens is 332 g/mol. The van der Waals surface area contributed by atoms with Crippen molar-refractivity contribution in [1.82, 2.24) is 9.80 Å². The van der Waals surface area contributed by atoms with E-state index in [1.165, 1.54) is 57.9 Å². The van der Waals surface area contributed by atoms with Crippen molar-refractivity contribution in [1.29, 1.82) is 0 Å². The fourth-order valence-electron chi connectivity index (χ4n) is 3.82. The van der Waals surface area contributed by atoms with Gasteiger partial charge in [-0.15, -0.1) is 11.6 Å². The minimum absolute atomic E-state index is 0. The zero-order valence-electron chi connectivity index (χ0n) is 16.5. The van der Waals surface area contributed by atoms with Crippen LogP contribution in [0, 0.1) is 0 Å². The van der Waals surface area contributed by atoms with Crippen LogP contribution in [0.2, 0.25) is 0 Å². The third kappa shape index (κ3) is 10.2. The number of piperidine rings is 2. The second-order valence-corrected chi connectivity index (χ2v) is 8.47. The SMILES string of the molecule is C.CCCCC1CC(Cl)CCN1C.CCCCC1CC(O)CCN1C. The number of halogens is 1. The van der Waals surface area contributed by atoms with Gasteiger partial charge in [-0.2, -0.15) is 0 Å². The first kappa shape index (κ1) is 25.2. The molecule has 2 heterocycles. The van der Waals surface area contributed by atoms with Gasteiger partial charge in [0, 0.05) is 24.0 Å². The van der Waals surface area contributed by atoms with Crippen LogP contribution in [-0.4, -0.2) is 65.7 Å². The third-order valence-electron chi connectivity index (χ3n) is 5.71. The van der Waals surface area contributed by atoms with Gasteiger partial charge >= 0.3 is 0 Å². The molecule has 0 spiro atoms. The highest BCUT2D eigenvalue weighted by Gasteiger charge is 2.24. The van der Waals surface area contributed by atoms with Crippen molar-refractivity contribution in [2.75, 3.05) is 27.2 Å². The van der Waals surface area contributed by atoms with Crippen molar-refractivity contribution in [2.45, 2.75) is 109 Å². The largest absolute Gasteiger partial charge is 0.393 e. The number of hydrogen-bond donors (Lipinski definition) is 1. The molecule has 0 saturated carbocycles. The normalized spacial score (nSPS) is 31.0. The summed E-state index contributed by atoms with van der Waals surface area (Å²) in [7, 11) is 4.40. The molecule has 4 atom stereocenters. The summed E-state index contributed by atoms with van der Waals surface area (Å²) in [5.74, 6) is 0. The Balaban J connectivity index is 0.000000443. The number of likely N-dealkylation sites (tertiary alicyclic amines) is 2. The average Bonchev–Trinajstić information content (AvgIpc) is 2.57. The van der Waals surface area contributed by atoms with E-state index < -0.39 is 0 Å². The van der Waals surface area contributed by atoms with Gasteiger partial charge in [0.15, 0.2) is 0 Å². The van der Waals surface area contributed by atoms with Gasteiger partial charge in [0.05, 0.1) is 6.10 Å². The maximum Gasteiger partial charge on any atom is 0.0567 e. The Labute approximate surface area is 163 Å². The molecule has 2 aliphatic heterocycles. The molecule has 0 aliphatic carbocycles. The van der Waals surface area contributed by atoms with Crippen molar-refractivity contribution in [2.24, 2.45) is 0 Å². The molecule has 0 aromatic heterocycles. The van der Waals surface area contributed by atoms with E-state index in [2.05, 4.69) is 37.7 Å². The predicted molar refractivity (Wildman–Crippen MR) is 113 cm³/mol. The summed E-state index contributed by atoms with van der Waals surface area (Å²) in [5, 5.41) is 9.90. The molecule has 2 fully saturated rings. The molecule has 25 heavy (non-hydrogen) atoms. The average molecular weight is 377 g/mol. The summed E-state index contributed by atoms with van der Waals surface area (Å²) in [6.07, 6.45) is 12.1. The van der Waals surface area contributed by atoms with Crippen molar-refractivity contribution in [3.05, 3.63) is 0 Å². The molecule has 0 amide bonds. The van der Waals surface area contributed by atoms with Crippen molar-refractivity contribution in [3.8, 4) is 0 Å². The number of hydrogen-bond acceptors (Lipinski definition) is 3. The topological polar surface area (TPSA) is 26.7 Å². The summed E-state index contributed by atoms with van der Waals surface area (Å²) in [6.45, 7) is 6.72. The summed E-state index contributed by atoms with van der Waals surface area (Å²) in [4.78, 5) is 4.86. The van der Waals surface area contributed by atoms with Gasteiger partial charge in [0.1, 0.15) is 0 Å². The van der Waals surface area contributed by atoms with E-state index in [1.54, 1.807) is 0 Å². The molecule has 3 nitrogen and oxygen atoms in total. The smallest absolute Gasteiger partial charge is 0.0567 e. The van der Waals surface area contributed by atoms with Crippen LogP contribution in [-0.2, 0) is 0 Å². The molecular formula is C21H45ClN2O. The first-order valence-corrected chi connectivity index (χ1v) is 10.6. The van der Waals surface area contributed by atoms with Crippen LogP contribution in [0.4, 0.5) is 0 Å². The van der Waals surface area contributed by atoms with Gasteiger partial charge in [-0.1, -0.05) is 47.0 Å². The predicted octanol–water partition coefficient (Wildman–Crippen LogP) is 5.15. The van der Waals surface area contributed by atoms with Crippen molar-refractivity contribution in [3.63, 3.8) is 0 Å². The molecule has 0 bridgehead atoms.